The maximum atomic E-state index is 5.21. The third-order valence-electron chi connectivity index (χ3n) is 7.74. The van der Waals surface area contributed by atoms with Crippen molar-refractivity contribution in [2.75, 3.05) is 17.3 Å². The molecular weight excluding hydrogens is 458 g/mol. The second-order valence-corrected chi connectivity index (χ2v) is 10.4. The summed E-state index contributed by atoms with van der Waals surface area (Å²) >= 11 is 0. The van der Waals surface area contributed by atoms with Gasteiger partial charge in [-0.25, -0.2) is 9.67 Å². The van der Waals surface area contributed by atoms with Gasteiger partial charge in [0.2, 0.25) is 5.96 Å². The first-order chi connectivity index (χ1) is 17.9. The number of benzene rings is 1. The van der Waals surface area contributed by atoms with Crippen molar-refractivity contribution in [3.05, 3.63) is 78.0 Å². The van der Waals surface area contributed by atoms with Gasteiger partial charge in [0, 0.05) is 24.3 Å². The number of hydrogen-bond donors (Lipinski definition) is 1. The molecule has 3 aromatic rings. The van der Waals surface area contributed by atoms with Gasteiger partial charge >= 0.3 is 0 Å². The van der Waals surface area contributed by atoms with E-state index in [1.54, 1.807) is 0 Å². The molecule has 3 atom stereocenters. The molecule has 1 aliphatic carbocycles. The zero-order valence-electron chi connectivity index (χ0n) is 22.1. The number of rotatable bonds is 6. The molecule has 1 fully saturated rings. The van der Waals surface area contributed by atoms with Crippen LogP contribution in [-0.2, 0) is 6.54 Å². The molecule has 3 unspecified atom stereocenters. The van der Waals surface area contributed by atoms with Gasteiger partial charge in [-0.05, 0) is 57.7 Å². The highest BCUT2D eigenvalue weighted by atomic mass is 15.5. The quantitative estimate of drug-likeness (QED) is 0.447. The van der Waals surface area contributed by atoms with E-state index >= 15 is 0 Å². The van der Waals surface area contributed by atoms with E-state index in [-0.39, 0.29) is 6.04 Å². The Hall–Kier alpha value is -3.87. The lowest BCUT2D eigenvalue weighted by Crippen LogP contribution is -2.47. The van der Waals surface area contributed by atoms with Crippen LogP contribution in [0.5, 0.6) is 0 Å². The molecule has 0 saturated heterocycles. The first-order valence-electron chi connectivity index (χ1n) is 13.3. The molecule has 4 heterocycles. The van der Waals surface area contributed by atoms with Crippen molar-refractivity contribution in [3.63, 3.8) is 0 Å². The molecule has 1 N–H and O–H groups in total. The number of aliphatic imine (C=N–C) groups is 1. The van der Waals surface area contributed by atoms with Crippen LogP contribution in [0.25, 0.3) is 17.0 Å². The number of nitrogens with one attached hydrogen (secondary N) is 1. The Morgan fingerprint density at radius 3 is 2.73 bits per heavy atom. The minimum absolute atomic E-state index is 0.158. The summed E-state index contributed by atoms with van der Waals surface area (Å²) in [4.78, 5) is 14.3. The van der Waals surface area contributed by atoms with E-state index in [2.05, 4.69) is 101 Å². The Balaban J connectivity index is 1.39. The topological polar surface area (TPSA) is 61.6 Å². The van der Waals surface area contributed by atoms with Crippen molar-refractivity contribution in [1.29, 1.82) is 0 Å². The first-order valence-corrected chi connectivity index (χ1v) is 13.3. The molecule has 37 heavy (non-hydrogen) atoms. The SMILES string of the molecule is C=C1c2c(nn(Cc3ccc(-c4cccc(C)n4)cc3)c2NC(C)/C=C\C)N2C(=NC3CCCC32)N1C. The van der Waals surface area contributed by atoms with Gasteiger partial charge in [-0.3, -0.25) is 9.88 Å². The average Bonchev–Trinajstić information content (AvgIpc) is 3.57. The molecule has 1 aromatic carbocycles. The highest BCUT2D eigenvalue weighted by Gasteiger charge is 2.47. The fourth-order valence-corrected chi connectivity index (χ4v) is 5.87. The third kappa shape index (κ3) is 4.02. The highest BCUT2D eigenvalue weighted by Crippen LogP contribution is 2.46. The van der Waals surface area contributed by atoms with E-state index in [1.807, 2.05) is 13.0 Å². The largest absolute Gasteiger partial charge is 0.364 e. The molecule has 190 valence electrons. The minimum atomic E-state index is 0.158. The van der Waals surface area contributed by atoms with Gasteiger partial charge < -0.3 is 10.2 Å². The number of nitrogens with zero attached hydrogens (tertiary/aromatic N) is 6. The Labute approximate surface area is 219 Å². The number of pyridine rings is 1. The van der Waals surface area contributed by atoms with Gasteiger partial charge in [0.25, 0.3) is 0 Å². The van der Waals surface area contributed by atoms with Gasteiger partial charge in [0.05, 0.1) is 35.6 Å². The normalized spacial score (nSPS) is 21.2. The molecule has 2 aliphatic heterocycles. The van der Waals surface area contributed by atoms with Crippen LogP contribution in [0.2, 0.25) is 0 Å². The molecule has 7 heteroatoms. The summed E-state index contributed by atoms with van der Waals surface area (Å²) in [6.45, 7) is 11.4. The fraction of sp³-hybridized carbons (Fsp3) is 0.367. The number of fused-ring (bicyclic) bond motifs is 5. The molecule has 0 amide bonds. The lowest BCUT2D eigenvalue weighted by molar-refractivity contribution is 0.614. The van der Waals surface area contributed by atoms with E-state index < -0.39 is 0 Å². The van der Waals surface area contributed by atoms with Crippen molar-refractivity contribution in [2.24, 2.45) is 4.99 Å². The lowest BCUT2D eigenvalue weighted by Gasteiger charge is -2.36. The van der Waals surface area contributed by atoms with E-state index in [9.17, 15) is 0 Å². The average molecular weight is 494 g/mol. The van der Waals surface area contributed by atoms with Crippen LogP contribution in [0.15, 0.2) is 66.2 Å². The fourth-order valence-electron chi connectivity index (χ4n) is 5.87. The molecule has 1 saturated carbocycles. The number of aromatic nitrogens is 3. The van der Waals surface area contributed by atoms with E-state index in [1.165, 1.54) is 12.0 Å². The molecule has 7 nitrogen and oxygen atoms in total. The van der Waals surface area contributed by atoms with Gasteiger partial charge in [-0.15, -0.1) is 0 Å². The minimum Gasteiger partial charge on any atom is -0.364 e. The second-order valence-electron chi connectivity index (χ2n) is 10.4. The number of aryl methyl sites for hydroxylation is 1. The van der Waals surface area contributed by atoms with Crippen LogP contribution in [0.3, 0.4) is 0 Å². The molecule has 0 spiro atoms. The Kier molecular flexibility index (Phi) is 5.86. The maximum Gasteiger partial charge on any atom is 0.207 e. The van der Waals surface area contributed by atoms with Gasteiger partial charge in [0.15, 0.2) is 5.82 Å². The van der Waals surface area contributed by atoms with Crippen LogP contribution in [-0.4, -0.2) is 50.8 Å². The summed E-state index contributed by atoms with van der Waals surface area (Å²) in [5.41, 5.74) is 6.33. The van der Waals surface area contributed by atoms with Crippen molar-refractivity contribution in [1.82, 2.24) is 19.7 Å². The molecule has 0 bridgehead atoms. The Morgan fingerprint density at radius 1 is 1.16 bits per heavy atom. The number of guanidine groups is 1. The zero-order chi connectivity index (χ0) is 25.7. The summed E-state index contributed by atoms with van der Waals surface area (Å²) < 4.78 is 2.11. The summed E-state index contributed by atoms with van der Waals surface area (Å²) in [7, 11) is 2.08. The molecule has 0 radical (unpaired) electrons. The van der Waals surface area contributed by atoms with E-state index in [0.29, 0.717) is 18.6 Å². The predicted molar refractivity (Wildman–Crippen MR) is 152 cm³/mol. The van der Waals surface area contributed by atoms with Crippen molar-refractivity contribution in [3.8, 4) is 11.3 Å². The second kappa shape index (κ2) is 9.21. The molecule has 6 rings (SSSR count). The van der Waals surface area contributed by atoms with Crippen LogP contribution in [0.4, 0.5) is 11.6 Å². The summed E-state index contributed by atoms with van der Waals surface area (Å²) in [5, 5.41) is 8.94. The van der Waals surface area contributed by atoms with Crippen LogP contribution in [0, 0.1) is 6.92 Å². The summed E-state index contributed by atoms with van der Waals surface area (Å²) in [6.07, 6.45) is 7.76. The summed E-state index contributed by atoms with van der Waals surface area (Å²) in [5.74, 6) is 2.97. The number of hydrogen-bond acceptors (Lipinski definition) is 6. The van der Waals surface area contributed by atoms with Gasteiger partial charge in [-0.1, -0.05) is 49.1 Å². The van der Waals surface area contributed by atoms with Crippen LogP contribution >= 0.6 is 0 Å². The third-order valence-corrected chi connectivity index (χ3v) is 7.74. The van der Waals surface area contributed by atoms with Gasteiger partial charge in [0.1, 0.15) is 5.82 Å². The lowest BCUT2D eigenvalue weighted by atomic mass is 10.1. The van der Waals surface area contributed by atoms with Crippen LogP contribution in [0.1, 0.15) is 49.9 Å². The predicted octanol–water partition coefficient (Wildman–Crippen LogP) is 5.69. The summed E-state index contributed by atoms with van der Waals surface area (Å²) in [6, 6.07) is 15.7. The Morgan fingerprint density at radius 2 is 1.97 bits per heavy atom. The maximum absolute atomic E-state index is 5.21. The van der Waals surface area contributed by atoms with Crippen LogP contribution < -0.4 is 10.2 Å². The van der Waals surface area contributed by atoms with Crippen molar-refractivity contribution in [2.45, 2.75) is 64.7 Å². The molecular formula is C30H35N7. The first kappa shape index (κ1) is 23.5. The monoisotopic (exact) mass is 493 g/mol. The van der Waals surface area contributed by atoms with Gasteiger partial charge in [-0.2, -0.15) is 5.10 Å². The van der Waals surface area contributed by atoms with Crippen molar-refractivity contribution >= 4 is 23.3 Å². The smallest absolute Gasteiger partial charge is 0.207 e. The molecule has 2 aromatic heterocycles. The molecule has 3 aliphatic rings. The Bertz CT molecular complexity index is 1400. The van der Waals surface area contributed by atoms with E-state index in [0.717, 1.165) is 58.6 Å². The zero-order valence-corrected chi connectivity index (χ0v) is 22.1. The standard InChI is InChI=1S/C30H35N7/c1-6-9-19(2)32-28-27-21(4)35(5)30-33-25-12-8-13-26(25)37(30)29(27)34-36(28)18-22-14-16-23(17-15-22)24-11-7-10-20(3)31-24/h6-7,9-11,14-17,19,25-26,32H,4,8,12-13,18H2,1-3,5H3/b9-6-. The number of allylic oxidation sites excluding steroid dienone is 1. The van der Waals surface area contributed by atoms with Crippen molar-refractivity contribution < 1.29 is 0 Å². The number of anilines is 2. The van der Waals surface area contributed by atoms with E-state index in [4.69, 9.17) is 10.1 Å². The highest BCUT2D eigenvalue weighted by molar-refractivity contribution is 6.09.